The zero-order valence-corrected chi connectivity index (χ0v) is 9.96. The van der Waals surface area contributed by atoms with Crippen LogP contribution in [0.25, 0.3) is 0 Å². The molecule has 94 valence electrons. The zero-order valence-electron chi connectivity index (χ0n) is 9.96. The summed E-state index contributed by atoms with van der Waals surface area (Å²) >= 11 is 0. The average molecular weight is 254 g/mol. The van der Waals surface area contributed by atoms with Gasteiger partial charge in [0.15, 0.2) is 6.10 Å². The van der Waals surface area contributed by atoms with Crippen LogP contribution in [0.4, 0.5) is 0 Å². The van der Waals surface area contributed by atoms with Crippen LogP contribution in [0.2, 0.25) is 0 Å². The van der Waals surface area contributed by atoms with Gasteiger partial charge in [-0.2, -0.15) is 0 Å². The first-order valence-corrected chi connectivity index (χ1v) is 6.06. The Hall–Kier alpha value is -2.49. The molecule has 0 aromatic heterocycles. The number of esters is 1. The van der Waals surface area contributed by atoms with Crippen LogP contribution in [0.1, 0.15) is 6.42 Å². The Morgan fingerprint density at radius 3 is 2.95 bits per heavy atom. The Morgan fingerprint density at radius 1 is 1.11 bits per heavy atom. The van der Waals surface area contributed by atoms with Crippen LogP contribution in [-0.2, 0) is 19.0 Å². The summed E-state index contributed by atoms with van der Waals surface area (Å²) in [5.41, 5.74) is 2.73. The highest BCUT2D eigenvalue weighted by molar-refractivity contribution is 5.85. The van der Waals surface area contributed by atoms with E-state index in [1.165, 1.54) is 6.08 Å². The normalized spacial score (nSPS) is 26.8. The third-order valence-corrected chi connectivity index (χ3v) is 3.42. The minimum Gasteiger partial charge on any atom is -0.464 e. The van der Waals surface area contributed by atoms with Gasteiger partial charge >= 0.3 is 5.97 Å². The lowest BCUT2D eigenvalue weighted by Gasteiger charge is -2.34. The Morgan fingerprint density at radius 2 is 2.00 bits per heavy atom. The monoisotopic (exact) mass is 254 g/mol. The fourth-order valence-corrected chi connectivity index (χ4v) is 2.62. The molecular weight excluding hydrogens is 244 g/mol. The summed E-state index contributed by atoms with van der Waals surface area (Å²) in [6.07, 6.45) is 12.4. The lowest BCUT2D eigenvalue weighted by Crippen LogP contribution is -2.31. The van der Waals surface area contributed by atoms with E-state index in [4.69, 9.17) is 14.2 Å². The van der Waals surface area contributed by atoms with Crippen LogP contribution in [0.3, 0.4) is 0 Å². The second kappa shape index (κ2) is 3.75. The molecule has 0 saturated carbocycles. The molecule has 0 N–H and O–H groups in total. The summed E-state index contributed by atoms with van der Waals surface area (Å²) in [6, 6.07) is 0. The highest BCUT2D eigenvalue weighted by atomic mass is 16.5. The van der Waals surface area contributed by atoms with E-state index >= 15 is 0 Å². The van der Waals surface area contributed by atoms with Gasteiger partial charge in [0.05, 0.1) is 18.1 Å². The minimum atomic E-state index is -0.406. The molecule has 0 radical (unpaired) electrons. The topological polar surface area (TPSA) is 44.8 Å². The summed E-state index contributed by atoms with van der Waals surface area (Å²) < 4.78 is 16.6. The maximum Gasteiger partial charge on any atom is 0.331 e. The molecule has 1 aliphatic carbocycles. The molecule has 0 spiro atoms. The molecule has 19 heavy (non-hydrogen) atoms. The van der Waals surface area contributed by atoms with Crippen LogP contribution in [0, 0.1) is 0 Å². The number of fused-ring (bicyclic) bond motifs is 4. The predicted octanol–water partition coefficient (Wildman–Crippen LogP) is 2.39. The number of carbonyl (C=O) groups is 1. The second-order valence-electron chi connectivity index (χ2n) is 4.51. The molecule has 3 aliphatic heterocycles. The molecule has 1 atom stereocenters. The first-order chi connectivity index (χ1) is 9.34. The summed E-state index contributed by atoms with van der Waals surface area (Å²) in [4.78, 5) is 11.5. The molecule has 1 unspecified atom stereocenters. The van der Waals surface area contributed by atoms with E-state index in [1.807, 2.05) is 18.2 Å². The van der Waals surface area contributed by atoms with Crippen LogP contribution >= 0.6 is 0 Å². The van der Waals surface area contributed by atoms with Gasteiger partial charge in [-0.05, 0) is 30.7 Å². The average Bonchev–Trinajstić information content (AvgIpc) is 2.47. The van der Waals surface area contributed by atoms with Gasteiger partial charge in [0.1, 0.15) is 11.5 Å². The van der Waals surface area contributed by atoms with E-state index in [-0.39, 0.29) is 5.97 Å². The summed E-state index contributed by atoms with van der Waals surface area (Å²) in [5.74, 6) is 1.10. The maximum atomic E-state index is 11.5. The van der Waals surface area contributed by atoms with Gasteiger partial charge in [0.2, 0.25) is 0 Å². The van der Waals surface area contributed by atoms with E-state index < -0.39 is 6.10 Å². The SMILES string of the molecule is O=C1C=CC2=C3OC=CC=C3C3=C(CC=CO3)C2O1. The van der Waals surface area contributed by atoms with Gasteiger partial charge in [-0.15, -0.1) is 0 Å². The van der Waals surface area contributed by atoms with Gasteiger partial charge in [-0.1, -0.05) is 0 Å². The standard InChI is InChI=1S/C15H10O4/c16-12-6-5-11-14-9(3-1-7-18-14)13-10(15(11)19-12)4-2-8-17-13/h1-3,5-8,15H,4H2. The number of allylic oxidation sites excluding steroid dienone is 3. The van der Waals surface area contributed by atoms with Gasteiger partial charge in [0, 0.05) is 17.2 Å². The van der Waals surface area contributed by atoms with Gasteiger partial charge < -0.3 is 14.2 Å². The highest BCUT2D eigenvalue weighted by Crippen LogP contribution is 2.43. The van der Waals surface area contributed by atoms with Gasteiger partial charge in [-0.3, -0.25) is 0 Å². The molecule has 0 saturated heterocycles. The Labute approximate surface area is 109 Å². The molecule has 0 bridgehead atoms. The summed E-state index contributed by atoms with van der Waals surface area (Å²) in [7, 11) is 0. The molecule has 0 aromatic rings. The van der Waals surface area contributed by atoms with Gasteiger partial charge in [0.25, 0.3) is 0 Å². The fraction of sp³-hybridized carbons (Fsp3) is 0.133. The molecule has 3 heterocycles. The summed E-state index contributed by atoms with van der Waals surface area (Å²) in [5, 5.41) is 0. The number of carbonyl (C=O) groups excluding carboxylic acids is 1. The molecule has 4 rings (SSSR count). The van der Waals surface area contributed by atoms with Crippen molar-refractivity contribution in [2.45, 2.75) is 12.5 Å². The number of hydrogen-bond donors (Lipinski definition) is 0. The van der Waals surface area contributed by atoms with Crippen molar-refractivity contribution in [1.82, 2.24) is 0 Å². The lowest BCUT2D eigenvalue weighted by molar-refractivity contribution is -0.140. The Kier molecular flexibility index (Phi) is 2.06. The zero-order chi connectivity index (χ0) is 12.8. The predicted molar refractivity (Wildman–Crippen MR) is 66.2 cm³/mol. The smallest absolute Gasteiger partial charge is 0.331 e. The molecule has 4 nitrogen and oxygen atoms in total. The Balaban J connectivity index is 1.93. The van der Waals surface area contributed by atoms with E-state index in [1.54, 1.807) is 18.6 Å². The molecule has 0 aromatic carbocycles. The molecular formula is C15H10O4. The quantitative estimate of drug-likeness (QED) is 0.623. The van der Waals surface area contributed by atoms with Crippen LogP contribution in [0.5, 0.6) is 0 Å². The second-order valence-corrected chi connectivity index (χ2v) is 4.51. The van der Waals surface area contributed by atoms with Crippen molar-refractivity contribution in [2.75, 3.05) is 0 Å². The van der Waals surface area contributed by atoms with E-state index in [9.17, 15) is 4.79 Å². The van der Waals surface area contributed by atoms with Crippen molar-refractivity contribution in [2.24, 2.45) is 0 Å². The number of ether oxygens (including phenoxy) is 3. The first-order valence-electron chi connectivity index (χ1n) is 6.06. The molecule has 4 heteroatoms. The van der Waals surface area contributed by atoms with E-state index in [0.29, 0.717) is 12.2 Å². The molecule has 0 amide bonds. The molecule has 4 aliphatic rings. The van der Waals surface area contributed by atoms with Crippen molar-refractivity contribution in [3.05, 3.63) is 71.1 Å². The van der Waals surface area contributed by atoms with E-state index in [2.05, 4.69) is 0 Å². The van der Waals surface area contributed by atoms with Crippen molar-refractivity contribution in [3.63, 3.8) is 0 Å². The van der Waals surface area contributed by atoms with Crippen molar-refractivity contribution in [3.8, 4) is 0 Å². The third kappa shape index (κ3) is 1.43. The van der Waals surface area contributed by atoms with Crippen molar-refractivity contribution >= 4 is 5.97 Å². The largest absolute Gasteiger partial charge is 0.464 e. The lowest BCUT2D eigenvalue weighted by atomic mass is 9.84. The number of hydrogen-bond acceptors (Lipinski definition) is 4. The van der Waals surface area contributed by atoms with Crippen LogP contribution < -0.4 is 0 Å². The van der Waals surface area contributed by atoms with Crippen molar-refractivity contribution < 1.29 is 19.0 Å². The minimum absolute atomic E-state index is 0.338. The highest BCUT2D eigenvalue weighted by Gasteiger charge is 2.39. The third-order valence-electron chi connectivity index (χ3n) is 3.42. The first kappa shape index (κ1) is 10.4. The maximum absolute atomic E-state index is 11.5. The van der Waals surface area contributed by atoms with E-state index in [0.717, 1.165) is 22.5 Å². The fourth-order valence-electron chi connectivity index (χ4n) is 2.62. The van der Waals surface area contributed by atoms with Crippen molar-refractivity contribution in [1.29, 1.82) is 0 Å². The summed E-state index contributed by atoms with van der Waals surface area (Å²) in [6.45, 7) is 0. The number of rotatable bonds is 0. The Bertz CT molecular complexity index is 656. The molecule has 0 fully saturated rings. The van der Waals surface area contributed by atoms with Gasteiger partial charge in [-0.25, -0.2) is 4.79 Å². The van der Waals surface area contributed by atoms with Crippen LogP contribution in [-0.4, -0.2) is 12.1 Å². The van der Waals surface area contributed by atoms with Crippen LogP contribution in [0.15, 0.2) is 71.1 Å².